The minimum Gasteiger partial charge on any atom is -0.351 e. The van der Waals surface area contributed by atoms with E-state index in [-0.39, 0.29) is 16.7 Å². The maximum absolute atomic E-state index is 12.2. The molecule has 2 aromatic rings. The quantitative estimate of drug-likeness (QED) is 0.876. The van der Waals surface area contributed by atoms with E-state index in [4.69, 9.17) is 0 Å². The van der Waals surface area contributed by atoms with E-state index in [0.29, 0.717) is 6.54 Å². The fraction of sp³-hybridized carbons (Fsp3) is 0.267. The van der Waals surface area contributed by atoms with Gasteiger partial charge in [0.15, 0.2) is 0 Å². The number of sulfonamides is 1. The highest BCUT2D eigenvalue weighted by atomic mass is 32.2. The van der Waals surface area contributed by atoms with Crippen LogP contribution in [-0.4, -0.2) is 32.2 Å². The van der Waals surface area contributed by atoms with Crippen molar-refractivity contribution in [2.75, 3.05) is 13.6 Å². The molecule has 0 aliphatic heterocycles. The molecule has 118 valence electrons. The number of thiophene rings is 1. The van der Waals surface area contributed by atoms with Crippen molar-refractivity contribution in [2.45, 2.75) is 17.7 Å². The maximum Gasteiger partial charge on any atom is 0.252 e. The Morgan fingerprint density at radius 1 is 1.23 bits per heavy atom. The number of likely N-dealkylation sites (N-methyl/N-ethyl adjacent to an activating group) is 1. The summed E-state index contributed by atoms with van der Waals surface area (Å²) in [5.74, 6) is -0.328. The third-order valence-corrected chi connectivity index (χ3v) is 6.44. The second-order valence-corrected chi connectivity index (χ2v) is 8.12. The van der Waals surface area contributed by atoms with Gasteiger partial charge in [0.2, 0.25) is 5.91 Å². The van der Waals surface area contributed by atoms with Crippen LogP contribution >= 0.6 is 11.3 Å². The molecule has 0 bridgehead atoms. The monoisotopic (exact) mass is 338 g/mol. The van der Waals surface area contributed by atoms with Gasteiger partial charge in [-0.3, -0.25) is 4.79 Å². The lowest BCUT2D eigenvalue weighted by molar-refractivity contribution is -0.121. The molecule has 1 heterocycles. The number of aryl methyl sites for hydroxylation is 1. The number of hydrogen-bond donors (Lipinski definition) is 1. The molecule has 0 saturated carbocycles. The van der Waals surface area contributed by atoms with Gasteiger partial charge in [-0.1, -0.05) is 30.3 Å². The van der Waals surface area contributed by atoms with Crippen molar-refractivity contribution in [3.05, 3.63) is 52.9 Å². The van der Waals surface area contributed by atoms with E-state index in [1.165, 1.54) is 13.1 Å². The summed E-state index contributed by atoms with van der Waals surface area (Å²) in [6, 6.07) is 10.9. The van der Waals surface area contributed by atoms with E-state index in [1.54, 1.807) is 11.4 Å². The van der Waals surface area contributed by atoms with E-state index < -0.39 is 10.0 Å². The first-order valence-electron chi connectivity index (χ1n) is 6.72. The summed E-state index contributed by atoms with van der Waals surface area (Å²) in [7, 11) is -2.19. The average molecular weight is 338 g/mol. The minimum absolute atomic E-state index is 0.202. The second-order valence-electron chi connectivity index (χ2n) is 4.90. The maximum atomic E-state index is 12.2. The number of amides is 1. The van der Waals surface area contributed by atoms with Crippen molar-refractivity contribution in [3.8, 4) is 0 Å². The summed E-state index contributed by atoms with van der Waals surface area (Å²) in [5, 5.41) is 4.44. The van der Waals surface area contributed by atoms with Crippen LogP contribution in [0, 0.1) is 6.92 Å². The molecule has 0 unspecified atom stereocenters. The molecule has 1 N–H and O–H groups in total. The summed E-state index contributed by atoms with van der Waals surface area (Å²) >= 11 is 1.14. The first-order chi connectivity index (χ1) is 10.4. The Hall–Kier alpha value is -1.70. The molecule has 22 heavy (non-hydrogen) atoms. The highest BCUT2D eigenvalue weighted by Gasteiger charge is 2.23. The van der Waals surface area contributed by atoms with E-state index >= 15 is 0 Å². The van der Waals surface area contributed by atoms with Crippen molar-refractivity contribution >= 4 is 27.3 Å². The van der Waals surface area contributed by atoms with Gasteiger partial charge < -0.3 is 5.32 Å². The zero-order chi connectivity index (χ0) is 16.2. The molecule has 0 atom stereocenters. The largest absolute Gasteiger partial charge is 0.351 e. The summed E-state index contributed by atoms with van der Waals surface area (Å²) in [6.07, 6.45) is 0. The van der Waals surface area contributed by atoms with Gasteiger partial charge in [0.25, 0.3) is 10.0 Å². The van der Waals surface area contributed by atoms with E-state index in [9.17, 15) is 13.2 Å². The lowest BCUT2D eigenvalue weighted by atomic mass is 10.1. The molecule has 0 radical (unpaired) electrons. The topological polar surface area (TPSA) is 66.5 Å². The molecule has 7 heteroatoms. The number of nitrogens with one attached hydrogen (secondary N) is 1. The van der Waals surface area contributed by atoms with Crippen LogP contribution in [0.4, 0.5) is 0 Å². The number of carbonyl (C=O) groups excluding carboxylic acids is 1. The molecular formula is C15H18N2O3S2. The van der Waals surface area contributed by atoms with Gasteiger partial charge >= 0.3 is 0 Å². The lowest BCUT2D eigenvalue weighted by Crippen LogP contribution is -2.37. The van der Waals surface area contributed by atoms with Crippen LogP contribution in [-0.2, 0) is 21.4 Å². The van der Waals surface area contributed by atoms with Gasteiger partial charge in [0.1, 0.15) is 4.21 Å². The van der Waals surface area contributed by atoms with Crippen LogP contribution in [0.2, 0.25) is 0 Å². The number of carbonyl (C=O) groups is 1. The summed E-state index contributed by atoms with van der Waals surface area (Å²) in [5.41, 5.74) is 2.10. The standard InChI is InChI=1S/C15H18N2O3S2/c1-12-6-3-4-7-13(12)10-16-14(18)11-17(2)22(19,20)15-8-5-9-21-15/h3-9H,10-11H2,1-2H3,(H,16,18). The van der Waals surface area contributed by atoms with Gasteiger partial charge in [-0.2, -0.15) is 4.31 Å². The Morgan fingerprint density at radius 2 is 1.95 bits per heavy atom. The third-order valence-electron chi connectivity index (χ3n) is 3.26. The first-order valence-corrected chi connectivity index (χ1v) is 9.04. The molecular weight excluding hydrogens is 320 g/mol. The summed E-state index contributed by atoms with van der Waals surface area (Å²) < 4.78 is 25.7. The summed E-state index contributed by atoms with van der Waals surface area (Å²) in [4.78, 5) is 11.9. The predicted octanol–water partition coefficient (Wildman–Crippen LogP) is 1.99. The molecule has 0 fully saturated rings. The van der Waals surface area contributed by atoms with Crippen molar-refractivity contribution in [1.82, 2.24) is 9.62 Å². The van der Waals surface area contributed by atoms with Crippen LogP contribution in [0.3, 0.4) is 0 Å². The highest BCUT2D eigenvalue weighted by Crippen LogP contribution is 2.19. The van der Waals surface area contributed by atoms with Crippen molar-refractivity contribution < 1.29 is 13.2 Å². The Labute approximate surface area is 134 Å². The molecule has 1 aromatic carbocycles. The smallest absolute Gasteiger partial charge is 0.252 e. The number of nitrogens with zero attached hydrogens (tertiary/aromatic N) is 1. The Balaban J connectivity index is 1.93. The predicted molar refractivity (Wildman–Crippen MR) is 87.2 cm³/mol. The zero-order valence-electron chi connectivity index (χ0n) is 12.4. The second kappa shape index (κ2) is 7.04. The van der Waals surface area contributed by atoms with Crippen LogP contribution < -0.4 is 5.32 Å². The molecule has 0 saturated heterocycles. The third kappa shape index (κ3) is 3.94. The molecule has 5 nitrogen and oxygen atoms in total. The number of benzene rings is 1. The normalized spacial score (nSPS) is 11.6. The summed E-state index contributed by atoms with van der Waals surface area (Å²) in [6.45, 7) is 2.15. The Bertz CT molecular complexity index is 740. The minimum atomic E-state index is -3.59. The van der Waals surface area contributed by atoms with Crippen molar-refractivity contribution in [3.63, 3.8) is 0 Å². The van der Waals surface area contributed by atoms with Crippen LogP contribution in [0.15, 0.2) is 46.0 Å². The molecule has 0 aliphatic rings. The van der Waals surface area contributed by atoms with Gasteiger partial charge in [0, 0.05) is 13.6 Å². The lowest BCUT2D eigenvalue weighted by Gasteiger charge is -2.16. The van der Waals surface area contributed by atoms with E-state index in [0.717, 1.165) is 26.8 Å². The van der Waals surface area contributed by atoms with Crippen LogP contribution in [0.5, 0.6) is 0 Å². The first kappa shape index (κ1) is 16.7. The van der Waals surface area contributed by atoms with Gasteiger partial charge in [-0.25, -0.2) is 8.42 Å². The fourth-order valence-corrected chi connectivity index (χ4v) is 4.24. The molecule has 1 aromatic heterocycles. The molecule has 0 aliphatic carbocycles. The van der Waals surface area contributed by atoms with E-state index in [1.807, 2.05) is 31.2 Å². The Morgan fingerprint density at radius 3 is 2.59 bits per heavy atom. The fourth-order valence-electron chi connectivity index (χ4n) is 1.91. The number of rotatable bonds is 6. The highest BCUT2D eigenvalue weighted by molar-refractivity contribution is 7.91. The average Bonchev–Trinajstić information content (AvgIpc) is 3.01. The van der Waals surface area contributed by atoms with Gasteiger partial charge in [-0.15, -0.1) is 11.3 Å². The Kier molecular flexibility index (Phi) is 5.33. The van der Waals surface area contributed by atoms with Crippen molar-refractivity contribution in [1.29, 1.82) is 0 Å². The molecule has 2 rings (SSSR count). The van der Waals surface area contributed by atoms with Gasteiger partial charge in [0.05, 0.1) is 6.54 Å². The van der Waals surface area contributed by atoms with E-state index in [2.05, 4.69) is 5.32 Å². The SMILES string of the molecule is Cc1ccccc1CNC(=O)CN(C)S(=O)(=O)c1cccs1. The van der Waals surface area contributed by atoms with Crippen molar-refractivity contribution in [2.24, 2.45) is 0 Å². The molecule has 1 amide bonds. The van der Waals surface area contributed by atoms with Crippen LogP contribution in [0.1, 0.15) is 11.1 Å². The number of hydrogen-bond acceptors (Lipinski definition) is 4. The zero-order valence-corrected chi connectivity index (χ0v) is 14.1. The van der Waals surface area contributed by atoms with Gasteiger partial charge in [-0.05, 0) is 29.5 Å². The van der Waals surface area contributed by atoms with Crippen LogP contribution in [0.25, 0.3) is 0 Å². The molecule has 0 spiro atoms.